The van der Waals surface area contributed by atoms with Gasteiger partial charge in [-0.2, -0.15) is 0 Å². The van der Waals surface area contributed by atoms with E-state index in [-0.39, 0.29) is 11.7 Å². The van der Waals surface area contributed by atoms with Crippen molar-refractivity contribution in [1.82, 2.24) is 10.3 Å². The third kappa shape index (κ3) is 4.63. The van der Waals surface area contributed by atoms with Gasteiger partial charge in [0, 0.05) is 11.3 Å². The molecule has 0 aliphatic rings. The van der Waals surface area contributed by atoms with Gasteiger partial charge in [-0.3, -0.25) is 9.59 Å². The Bertz CT molecular complexity index is 642. The highest BCUT2D eigenvalue weighted by Crippen LogP contribution is 2.20. The molecule has 0 saturated carbocycles. The fourth-order valence-electron chi connectivity index (χ4n) is 1.68. The van der Waals surface area contributed by atoms with Gasteiger partial charge in [-0.25, -0.2) is 4.98 Å². The number of hydrogen-bond donors (Lipinski definition) is 2. The number of nitrogens with zero attached hydrogens (tertiary/aromatic N) is 1. The van der Waals surface area contributed by atoms with Crippen LogP contribution in [0.4, 0.5) is 0 Å². The molecule has 1 unspecified atom stereocenters. The number of oxazole rings is 1. The summed E-state index contributed by atoms with van der Waals surface area (Å²) in [5, 5.41) is 11.1. The van der Waals surface area contributed by atoms with Gasteiger partial charge in [0.05, 0.1) is 11.4 Å². The molecule has 7 heteroatoms. The number of thioether (sulfide) groups is 1. The average Bonchev–Trinajstić information content (AvgIpc) is 2.97. The van der Waals surface area contributed by atoms with Crippen molar-refractivity contribution in [2.24, 2.45) is 0 Å². The highest BCUT2D eigenvalue weighted by Gasteiger charge is 2.14. The highest BCUT2D eigenvalue weighted by atomic mass is 32.2. The molecule has 0 spiro atoms. The minimum atomic E-state index is -1.05. The minimum absolute atomic E-state index is 0.172. The van der Waals surface area contributed by atoms with E-state index >= 15 is 0 Å². The van der Waals surface area contributed by atoms with Gasteiger partial charge in [-0.05, 0) is 19.1 Å². The number of carboxylic acids is 1. The van der Waals surface area contributed by atoms with Crippen LogP contribution in [0.2, 0.25) is 0 Å². The molecule has 22 heavy (non-hydrogen) atoms. The first kappa shape index (κ1) is 16.1. The van der Waals surface area contributed by atoms with E-state index in [0.717, 1.165) is 11.3 Å². The third-order valence-corrected chi connectivity index (χ3v) is 3.77. The number of hydrogen-bond acceptors (Lipinski definition) is 5. The lowest BCUT2D eigenvalue weighted by Gasteiger charge is -2.08. The van der Waals surface area contributed by atoms with Crippen molar-refractivity contribution in [2.75, 3.05) is 5.75 Å². The molecule has 2 rings (SSSR count). The standard InChI is InChI=1S/C15H16N2O4S/c1-10(15(19)20)16-13(18)9-22-8-12-7-21-14(17-12)11-5-3-2-4-6-11/h2-7,10H,8-9H2,1H3,(H,16,18)(H,19,20). The molecule has 2 N–H and O–H groups in total. The van der Waals surface area contributed by atoms with Crippen LogP contribution in [0.5, 0.6) is 0 Å². The molecule has 1 aromatic heterocycles. The predicted octanol–water partition coefficient (Wildman–Crippen LogP) is 2.16. The molecule has 0 bridgehead atoms. The smallest absolute Gasteiger partial charge is 0.325 e. The van der Waals surface area contributed by atoms with Gasteiger partial charge in [0.15, 0.2) is 0 Å². The van der Waals surface area contributed by atoms with Gasteiger partial charge in [0.2, 0.25) is 11.8 Å². The summed E-state index contributed by atoms with van der Waals surface area (Å²) in [4.78, 5) is 26.5. The largest absolute Gasteiger partial charge is 0.480 e. The van der Waals surface area contributed by atoms with Gasteiger partial charge < -0.3 is 14.8 Å². The van der Waals surface area contributed by atoms with Gasteiger partial charge in [-0.15, -0.1) is 11.8 Å². The van der Waals surface area contributed by atoms with Crippen LogP contribution < -0.4 is 5.32 Å². The van der Waals surface area contributed by atoms with Crippen LogP contribution in [0.1, 0.15) is 12.6 Å². The van der Waals surface area contributed by atoms with Crippen molar-refractivity contribution >= 4 is 23.6 Å². The minimum Gasteiger partial charge on any atom is -0.480 e. The van der Waals surface area contributed by atoms with Crippen LogP contribution >= 0.6 is 11.8 Å². The molecule has 116 valence electrons. The normalized spacial score (nSPS) is 11.9. The summed E-state index contributed by atoms with van der Waals surface area (Å²) < 4.78 is 5.40. The summed E-state index contributed by atoms with van der Waals surface area (Å²) in [7, 11) is 0. The Hall–Kier alpha value is -2.28. The lowest BCUT2D eigenvalue weighted by molar-refractivity contribution is -0.140. The Labute approximate surface area is 131 Å². The Morgan fingerprint density at radius 3 is 2.77 bits per heavy atom. The van der Waals surface area contributed by atoms with E-state index in [2.05, 4.69) is 10.3 Å². The van der Waals surface area contributed by atoms with Crippen LogP contribution in [0.25, 0.3) is 11.5 Å². The van der Waals surface area contributed by atoms with E-state index in [1.54, 1.807) is 6.26 Å². The molecule has 1 aromatic carbocycles. The maximum atomic E-state index is 11.5. The Morgan fingerprint density at radius 2 is 2.09 bits per heavy atom. The molecule has 2 aromatic rings. The lowest BCUT2D eigenvalue weighted by Crippen LogP contribution is -2.39. The van der Waals surface area contributed by atoms with Crippen molar-refractivity contribution in [3.8, 4) is 11.5 Å². The first-order chi connectivity index (χ1) is 10.6. The summed E-state index contributed by atoms with van der Waals surface area (Å²) in [6, 6.07) is 8.65. The lowest BCUT2D eigenvalue weighted by atomic mass is 10.2. The van der Waals surface area contributed by atoms with Crippen molar-refractivity contribution in [1.29, 1.82) is 0 Å². The maximum absolute atomic E-state index is 11.5. The number of rotatable bonds is 7. The average molecular weight is 320 g/mol. The second-order valence-corrected chi connectivity index (χ2v) is 5.62. The fourth-order valence-corrected chi connectivity index (χ4v) is 2.39. The Kier molecular flexibility index (Phi) is 5.60. The predicted molar refractivity (Wildman–Crippen MR) is 83.3 cm³/mol. The zero-order valence-corrected chi connectivity index (χ0v) is 12.8. The summed E-state index contributed by atoms with van der Waals surface area (Å²) in [5.41, 5.74) is 1.63. The van der Waals surface area contributed by atoms with E-state index in [4.69, 9.17) is 9.52 Å². The van der Waals surface area contributed by atoms with Crippen LogP contribution in [0.3, 0.4) is 0 Å². The zero-order chi connectivity index (χ0) is 15.9. The number of benzene rings is 1. The second-order valence-electron chi connectivity index (χ2n) is 4.63. The number of aliphatic carboxylic acids is 1. The number of carboxylic acid groups (broad SMARTS) is 1. The van der Waals surface area contributed by atoms with Crippen molar-refractivity contribution in [2.45, 2.75) is 18.7 Å². The topological polar surface area (TPSA) is 92.4 Å². The van der Waals surface area contributed by atoms with Gasteiger partial charge in [-0.1, -0.05) is 18.2 Å². The molecule has 0 aliphatic heterocycles. The van der Waals surface area contributed by atoms with Crippen molar-refractivity contribution in [3.63, 3.8) is 0 Å². The van der Waals surface area contributed by atoms with Gasteiger partial charge in [0.1, 0.15) is 12.3 Å². The Balaban J connectivity index is 1.80. The molecule has 0 aliphatic carbocycles. The second kappa shape index (κ2) is 7.65. The highest BCUT2D eigenvalue weighted by molar-refractivity contribution is 7.99. The number of amides is 1. The maximum Gasteiger partial charge on any atom is 0.325 e. The number of carbonyl (C=O) groups excluding carboxylic acids is 1. The fraction of sp³-hybridized carbons (Fsp3) is 0.267. The van der Waals surface area contributed by atoms with E-state index in [1.807, 2.05) is 30.3 Å². The van der Waals surface area contributed by atoms with Crippen molar-refractivity contribution < 1.29 is 19.1 Å². The van der Waals surface area contributed by atoms with Crippen LogP contribution in [-0.2, 0) is 15.3 Å². The monoisotopic (exact) mass is 320 g/mol. The molecule has 1 heterocycles. The summed E-state index contributed by atoms with van der Waals surface area (Å²) >= 11 is 1.35. The molecule has 0 fully saturated rings. The van der Waals surface area contributed by atoms with Gasteiger partial charge in [0.25, 0.3) is 0 Å². The van der Waals surface area contributed by atoms with Crippen LogP contribution in [-0.4, -0.2) is 33.8 Å². The summed E-state index contributed by atoms with van der Waals surface area (Å²) in [6.45, 7) is 1.43. The zero-order valence-electron chi connectivity index (χ0n) is 12.0. The van der Waals surface area contributed by atoms with E-state index < -0.39 is 12.0 Å². The summed E-state index contributed by atoms with van der Waals surface area (Å²) in [5.74, 6) is -0.134. The Morgan fingerprint density at radius 1 is 1.36 bits per heavy atom. The quantitative estimate of drug-likeness (QED) is 0.812. The molecule has 1 atom stereocenters. The summed E-state index contributed by atoms with van der Waals surface area (Å²) in [6.07, 6.45) is 1.56. The number of carbonyl (C=O) groups is 2. The van der Waals surface area contributed by atoms with Gasteiger partial charge >= 0.3 is 5.97 Å². The number of nitrogens with one attached hydrogen (secondary N) is 1. The SMILES string of the molecule is CC(NC(=O)CSCc1coc(-c2ccccc2)n1)C(=O)O. The molecule has 1 amide bonds. The molecular formula is C15H16N2O4S. The van der Waals surface area contributed by atoms with Crippen molar-refractivity contribution in [3.05, 3.63) is 42.3 Å². The first-order valence-electron chi connectivity index (χ1n) is 6.66. The van der Waals surface area contributed by atoms with E-state index in [0.29, 0.717) is 11.6 Å². The molecular weight excluding hydrogens is 304 g/mol. The van der Waals surface area contributed by atoms with Crippen LogP contribution in [0.15, 0.2) is 41.0 Å². The number of aromatic nitrogens is 1. The third-order valence-electron chi connectivity index (χ3n) is 2.80. The van der Waals surface area contributed by atoms with E-state index in [9.17, 15) is 9.59 Å². The molecule has 0 radical (unpaired) electrons. The molecule has 0 saturated heterocycles. The van der Waals surface area contributed by atoms with Crippen LogP contribution in [0, 0.1) is 0 Å². The first-order valence-corrected chi connectivity index (χ1v) is 7.81. The molecule has 6 nitrogen and oxygen atoms in total. The van der Waals surface area contributed by atoms with E-state index in [1.165, 1.54) is 18.7 Å².